The van der Waals surface area contributed by atoms with Gasteiger partial charge >= 0.3 is 17.6 Å². The molecule has 9 nitrogen and oxygen atoms in total. The smallest absolute Gasteiger partial charge is 0.345 e. The number of carbonyl (C=O) groups excluding carboxylic acids is 2. The van der Waals surface area contributed by atoms with Crippen LogP contribution in [-0.2, 0) is 19.1 Å². The van der Waals surface area contributed by atoms with Crippen molar-refractivity contribution >= 4 is 34.5 Å². The first kappa shape index (κ1) is 28.1. The Labute approximate surface area is 240 Å². The van der Waals surface area contributed by atoms with E-state index in [4.69, 9.17) is 18.6 Å². The van der Waals surface area contributed by atoms with Crippen molar-refractivity contribution in [1.29, 1.82) is 0 Å². The van der Waals surface area contributed by atoms with Crippen molar-refractivity contribution in [3.63, 3.8) is 0 Å². The summed E-state index contributed by atoms with van der Waals surface area (Å²) in [6.45, 7) is 8.94. The molecule has 2 fully saturated rings. The topological polar surface area (TPSA) is 125 Å². The summed E-state index contributed by atoms with van der Waals surface area (Å²) in [6.07, 6.45) is 3.47. The van der Waals surface area contributed by atoms with Crippen LogP contribution in [0.1, 0.15) is 65.5 Å². The highest BCUT2D eigenvalue weighted by Crippen LogP contribution is 2.68. The number of hydrogen-bond acceptors (Lipinski definition) is 9. The number of hydrogen-bond donors (Lipinski definition) is 1. The Balaban J connectivity index is 1.61. The molecular weight excluding hydrogens is 617 g/mol. The van der Waals surface area contributed by atoms with E-state index in [0.29, 0.717) is 36.3 Å². The van der Waals surface area contributed by atoms with Gasteiger partial charge in [0.2, 0.25) is 0 Å². The number of alkyl halides is 1. The van der Waals surface area contributed by atoms with Crippen molar-refractivity contribution in [2.24, 2.45) is 22.7 Å². The van der Waals surface area contributed by atoms with Gasteiger partial charge in [0.05, 0.1) is 10.0 Å². The van der Waals surface area contributed by atoms with Crippen molar-refractivity contribution in [3.05, 3.63) is 46.6 Å². The standard InChI is InChI=1S/C29H34INO8/c1-15(32)36-14-28(4)20-12-21(30)29(5)25(27(20,3)9-8-22(28)37-16(2)33)24(34)23-19(39-29)11-18(38-26(23)35)17-7-6-10-31-13-17/h6-7,10-11,13,20-22,24-25,34H,8-9,12,14H2,1-5H3/t20?,21-,22+,24+,25?,27+,28?,29-/m1/s1. The molecule has 3 aliphatic rings. The number of fused-ring (bicyclic) bond motifs is 4. The van der Waals surface area contributed by atoms with Crippen LogP contribution in [-0.4, -0.2) is 44.3 Å². The fourth-order valence-electron chi connectivity index (χ4n) is 7.66. The van der Waals surface area contributed by atoms with Crippen LogP contribution in [0.25, 0.3) is 11.3 Å². The highest BCUT2D eigenvalue weighted by molar-refractivity contribution is 14.1. The zero-order chi connectivity index (χ0) is 28.3. The quantitative estimate of drug-likeness (QED) is 0.286. The van der Waals surface area contributed by atoms with Crippen LogP contribution in [0.15, 0.2) is 39.8 Å². The maximum absolute atomic E-state index is 13.3. The first-order valence-corrected chi connectivity index (χ1v) is 14.5. The van der Waals surface area contributed by atoms with E-state index < -0.39 is 46.2 Å². The monoisotopic (exact) mass is 651 g/mol. The molecule has 0 bridgehead atoms. The van der Waals surface area contributed by atoms with Crippen LogP contribution in [0.3, 0.4) is 0 Å². The lowest BCUT2D eigenvalue weighted by molar-refractivity contribution is -0.235. The number of rotatable bonds is 4. The minimum absolute atomic E-state index is 0.0807. The molecule has 39 heavy (non-hydrogen) atoms. The van der Waals surface area contributed by atoms with Gasteiger partial charge in [0, 0.05) is 49.2 Å². The number of aromatic nitrogens is 1. The molecule has 0 spiro atoms. The Bertz CT molecular complexity index is 1350. The maximum Gasteiger partial charge on any atom is 0.345 e. The van der Waals surface area contributed by atoms with Gasteiger partial charge in [0.15, 0.2) is 0 Å². The lowest BCUT2D eigenvalue weighted by Crippen LogP contribution is -2.69. The molecule has 2 aromatic heterocycles. The molecule has 0 radical (unpaired) electrons. The molecule has 10 heteroatoms. The Kier molecular flexibility index (Phi) is 7.10. The lowest BCUT2D eigenvalue weighted by atomic mass is 9.43. The van der Waals surface area contributed by atoms with E-state index in [2.05, 4.69) is 34.5 Å². The van der Waals surface area contributed by atoms with E-state index in [-0.39, 0.29) is 28.0 Å². The number of aliphatic hydroxyl groups excluding tert-OH is 1. The first-order valence-electron chi connectivity index (χ1n) is 13.2. The van der Waals surface area contributed by atoms with Crippen LogP contribution >= 0.6 is 22.6 Å². The third-order valence-electron chi connectivity index (χ3n) is 9.40. The van der Waals surface area contributed by atoms with E-state index in [9.17, 15) is 19.5 Å². The fraction of sp³-hybridized carbons (Fsp3) is 0.586. The second-order valence-corrected chi connectivity index (χ2v) is 13.3. The number of pyridine rings is 1. The van der Waals surface area contributed by atoms with Crippen molar-refractivity contribution in [3.8, 4) is 17.1 Å². The lowest BCUT2D eigenvalue weighted by Gasteiger charge is -2.66. The van der Waals surface area contributed by atoms with Gasteiger partial charge in [0.1, 0.15) is 35.4 Å². The van der Waals surface area contributed by atoms with E-state index in [1.54, 1.807) is 30.6 Å². The second kappa shape index (κ2) is 9.87. The molecule has 0 saturated heterocycles. The van der Waals surface area contributed by atoms with Crippen LogP contribution in [0, 0.1) is 22.7 Å². The summed E-state index contributed by atoms with van der Waals surface area (Å²) in [7, 11) is 0. The summed E-state index contributed by atoms with van der Waals surface area (Å²) in [5.41, 5.74) is -1.95. The van der Waals surface area contributed by atoms with Crippen LogP contribution in [0.2, 0.25) is 0 Å². The molecule has 1 N–H and O–H groups in total. The van der Waals surface area contributed by atoms with Crippen molar-refractivity contribution in [1.82, 2.24) is 4.98 Å². The summed E-state index contributed by atoms with van der Waals surface area (Å²) in [5.74, 6) is -0.739. The molecule has 2 aromatic rings. The minimum atomic E-state index is -1.15. The Morgan fingerprint density at radius 1 is 1.23 bits per heavy atom. The molecule has 210 valence electrons. The van der Waals surface area contributed by atoms with Gasteiger partial charge in [-0.05, 0) is 49.7 Å². The van der Waals surface area contributed by atoms with E-state index in [0.717, 1.165) is 0 Å². The third-order valence-corrected chi connectivity index (χ3v) is 11.1. The highest BCUT2D eigenvalue weighted by atomic mass is 127. The van der Waals surface area contributed by atoms with Gasteiger partial charge in [-0.25, -0.2) is 4.79 Å². The van der Waals surface area contributed by atoms with Crippen molar-refractivity contribution in [2.45, 2.75) is 75.6 Å². The SMILES string of the molecule is CC(=O)OCC1(C)C2C[C@@H](I)[C@@]3(C)Oc4cc(-c5cccnc5)oc(=O)c4[C@H](O)C3[C@@]2(C)CC[C@@H]1OC(C)=O. The first-order chi connectivity index (χ1) is 18.3. The van der Waals surface area contributed by atoms with Crippen molar-refractivity contribution in [2.75, 3.05) is 6.61 Å². The van der Waals surface area contributed by atoms with Crippen molar-refractivity contribution < 1.29 is 33.3 Å². The molecule has 2 aliphatic carbocycles. The van der Waals surface area contributed by atoms with Gasteiger partial charge in [-0.15, -0.1) is 0 Å². The zero-order valence-electron chi connectivity index (χ0n) is 22.7. The molecule has 2 saturated carbocycles. The van der Waals surface area contributed by atoms with E-state index >= 15 is 0 Å². The van der Waals surface area contributed by atoms with Gasteiger partial charge < -0.3 is 23.7 Å². The van der Waals surface area contributed by atoms with Crippen LogP contribution < -0.4 is 10.4 Å². The van der Waals surface area contributed by atoms with Gasteiger partial charge in [0.25, 0.3) is 0 Å². The second-order valence-electron chi connectivity index (χ2n) is 11.8. The van der Waals surface area contributed by atoms with E-state index in [1.807, 2.05) is 13.8 Å². The fourth-order valence-corrected chi connectivity index (χ4v) is 8.68. The molecular formula is C29H34INO8. The Hall–Kier alpha value is -2.47. The summed E-state index contributed by atoms with van der Waals surface area (Å²) in [5, 5.41) is 12.0. The van der Waals surface area contributed by atoms with Gasteiger partial charge in [-0.2, -0.15) is 0 Å². The molecule has 8 atom stereocenters. The summed E-state index contributed by atoms with van der Waals surface area (Å²) in [4.78, 5) is 41.3. The van der Waals surface area contributed by atoms with Gasteiger partial charge in [-0.3, -0.25) is 14.6 Å². The number of halogens is 1. The number of carbonyl (C=O) groups is 2. The van der Waals surface area contributed by atoms with Gasteiger partial charge in [-0.1, -0.05) is 36.4 Å². The average Bonchev–Trinajstić information content (AvgIpc) is 2.86. The predicted molar refractivity (Wildman–Crippen MR) is 149 cm³/mol. The van der Waals surface area contributed by atoms with Crippen LogP contribution in [0.5, 0.6) is 5.75 Å². The molecule has 1 aliphatic heterocycles. The molecule has 5 rings (SSSR count). The largest absolute Gasteiger partial charge is 0.485 e. The van der Waals surface area contributed by atoms with E-state index in [1.165, 1.54) is 13.8 Å². The normalized spacial score (nSPS) is 36.9. The number of nitrogens with zero attached hydrogens (tertiary/aromatic N) is 1. The predicted octanol–water partition coefficient (Wildman–Crippen LogP) is 4.63. The maximum atomic E-state index is 13.3. The summed E-state index contributed by atoms with van der Waals surface area (Å²) in [6, 6.07) is 5.21. The molecule has 0 aromatic carbocycles. The Morgan fingerprint density at radius 2 is 1.97 bits per heavy atom. The molecule has 3 heterocycles. The average molecular weight is 651 g/mol. The Morgan fingerprint density at radius 3 is 2.62 bits per heavy atom. The molecule has 0 amide bonds. The number of aliphatic hydroxyl groups is 1. The van der Waals surface area contributed by atoms with Crippen LogP contribution in [0.4, 0.5) is 0 Å². The minimum Gasteiger partial charge on any atom is -0.485 e. The number of esters is 2. The molecule has 3 unspecified atom stereocenters. The highest BCUT2D eigenvalue weighted by Gasteiger charge is 2.69. The summed E-state index contributed by atoms with van der Waals surface area (Å²) >= 11 is 2.37. The number of ether oxygens (including phenoxy) is 3. The third kappa shape index (κ3) is 4.47. The summed E-state index contributed by atoms with van der Waals surface area (Å²) < 4.78 is 23.6. The zero-order valence-corrected chi connectivity index (χ0v) is 24.9.